The van der Waals surface area contributed by atoms with Gasteiger partial charge in [-0.3, -0.25) is 4.99 Å². The molecule has 130 valence electrons. The van der Waals surface area contributed by atoms with Gasteiger partial charge in [-0.2, -0.15) is 0 Å². The number of nitrogens with one attached hydrogen (secondary N) is 2. The van der Waals surface area contributed by atoms with Gasteiger partial charge in [0, 0.05) is 25.9 Å². The highest BCUT2D eigenvalue weighted by Gasteiger charge is 2.32. The van der Waals surface area contributed by atoms with E-state index in [2.05, 4.69) is 15.6 Å². The Morgan fingerprint density at radius 2 is 1.82 bits per heavy atom. The van der Waals surface area contributed by atoms with Crippen molar-refractivity contribution in [3.63, 3.8) is 0 Å². The molecule has 0 aromatic rings. The number of sulfone groups is 1. The highest BCUT2D eigenvalue weighted by molar-refractivity contribution is 14.0. The molecule has 2 aliphatic rings. The molecule has 0 bridgehead atoms. The maximum atomic E-state index is 11.1. The van der Waals surface area contributed by atoms with E-state index in [4.69, 9.17) is 0 Å². The quantitative estimate of drug-likeness (QED) is 0.397. The Hall–Kier alpha value is -0.0500. The summed E-state index contributed by atoms with van der Waals surface area (Å²) in [6, 6.07) is 0.480. The topological polar surface area (TPSA) is 70.6 Å². The Bertz CT molecular complexity index is 467. The molecule has 7 heteroatoms. The van der Waals surface area contributed by atoms with E-state index in [1.165, 1.54) is 51.2 Å². The van der Waals surface area contributed by atoms with E-state index in [1.807, 2.05) is 0 Å². The van der Waals surface area contributed by atoms with Gasteiger partial charge in [0.2, 0.25) is 0 Å². The van der Waals surface area contributed by atoms with E-state index < -0.39 is 9.84 Å². The van der Waals surface area contributed by atoms with Crippen LogP contribution in [-0.4, -0.2) is 46.0 Å². The molecule has 3 unspecified atom stereocenters. The van der Waals surface area contributed by atoms with Crippen LogP contribution in [0.3, 0.4) is 0 Å². The first-order valence-electron chi connectivity index (χ1n) is 8.13. The SMILES string of the molecule is CN=C(NCCS(C)(=O)=O)NC1CCC2CCCCC2C1.I. The smallest absolute Gasteiger partial charge is 0.191 e. The molecule has 2 fully saturated rings. The molecular formula is C15H30IN3O2S. The van der Waals surface area contributed by atoms with Crippen molar-refractivity contribution in [2.75, 3.05) is 25.6 Å². The van der Waals surface area contributed by atoms with Crippen molar-refractivity contribution in [3.05, 3.63) is 0 Å². The molecule has 2 saturated carbocycles. The first kappa shape index (κ1) is 20.0. The molecule has 0 saturated heterocycles. The molecule has 2 aliphatic carbocycles. The summed E-state index contributed by atoms with van der Waals surface area (Å²) in [7, 11) is -1.18. The zero-order valence-corrected chi connectivity index (χ0v) is 16.8. The minimum Gasteiger partial charge on any atom is -0.355 e. The molecule has 3 atom stereocenters. The summed E-state index contributed by atoms with van der Waals surface area (Å²) in [6.07, 6.45) is 10.6. The predicted molar refractivity (Wildman–Crippen MR) is 103 cm³/mol. The van der Waals surface area contributed by atoms with Crippen molar-refractivity contribution in [2.24, 2.45) is 16.8 Å². The number of aliphatic imine (C=N–C) groups is 1. The molecule has 2 rings (SSSR count). The van der Waals surface area contributed by atoms with Crippen LogP contribution in [0.1, 0.15) is 44.9 Å². The van der Waals surface area contributed by atoms with Crippen LogP contribution in [0.15, 0.2) is 4.99 Å². The monoisotopic (exact) mass is 443 g/mol. The van der Waals surface area contributed by atoms with Crippen LogP contribution >= 0.6 is 24.0 Å². The third-order valence-electron chi connectivity index (χ3n) is 4.87. The fourth-order valence-electron chi connectivity index (χ4n) is 3.75. The molecule has 0 heterocycles. The molecule has 0 aromatic heterocycles. The van der Waals surface area contributed by atoms with Gasteiger partial charge in [-0.15, -0.1) is 24.0 Å². The van der Waals surface area contributed by atoms with Crippen LogP contribution in [0.4, 0.5) is 0 Å². The third-order valence-corrected chi connectivity index (χ3v) is 5.82. The van der Waals surface area contributed by atoms with Gasteiger partial charge in [-0.05, 0) is 31.1 Å². The molecule has 0 aliphatic heterocycles. The van der Waals surface area contributed by atoms with Crippen molar-refractivity contribution < 1.29 is 8.42 Å². The van der Waals surface area contributed by atoms with Gasteiger partial charge in [0.1, 0.15) is 9.84 Å². The van der Waals surface area contributed by atoms with Gasteiger partial charge in [0.25, 0.3) is 0 Å². The minimum atomic E-state index is -2.92. The second kappa shape index (κ2) is 9.30. The van der Waals surface area contributed by atoms with E-state index in [0.29, 0.717) is 12.6 Å². The fraction of sp³-hybridized carbons (Fsp3) is 0.933. The molecule has 0 radical (unpaired) electrons. The number of halogens is 1. The maximum Gasteiger partial charge on any atom is 0.191 e. The summed E-state index contributed by atoms with van der Waals surface area (Å²) in [5.41, 5.74) is 0. The van der Waals surface area contributed by atoms with E-state index in [1.54, 1.807) is 7.05 Å². The minimum absolute atomic E-state index is 0. The van der Waals surface area contributed by atoms with Crippen LogP contribution in [-0.2, 0) is 9.84 Å². The summed E-state index contributed by atoms with van der Waals surface area (Å²) >= 11 is 0. The Morgan fingerprint density at radius 3 is 2.45 bits per heavy atom. The van der Waals surface area contributed by atoms with Gasteiger partial charge >= 0.3 is 0 Å². The summed E-state index contributed by atoms with van der Waals surface area (Å²) in [5.74, 6) is 2.69. The third kappa shape index (κ3) is 6.60. The summed E-state index contributed by atoms with van der Waals surface area (Å²) in [4.78, 5) is 4.21. The first-order chi connectivity index (χ1) is 9.98. The van der Waals surface area contributed by atoms with E-state index in [-0.39, 0.29) is 29.7 Å². The molecule has 5 nitrogen and oxygen atoms in total. The summed E-state index contributed by atoms with van der Waals surface area (Å²) < 4.78 is 22.3. The number of rotatable bonds is 4. The Morgan fingerprint density at radius 1 is 1.14 bits per heavy atom. The number of hydrogen-bond acceptors (Lipinski definition) is 3. The highest BCUT2D eigenvalue weighted by atomic mass is 127. The van der Waals surface area contributed by atoms with Gasteiger partial charge in [0.05, 0.1) is 5.75 Å². The van der Waals surface area contributed by atoms with Crippen molar-refractivity contribution in [2.45, 2.75) is 51.0 Å². The number of fused-ring (bicyclic) bond motifs is 1. The number of hydrogen-bond donors (Lipinski definition) is 2. The van der Waals surface area contributed by atoms with Crippen LogP contribution < -0.4 is 10.6 Å². The molecule has 2 N–H and O–H groups in total. The summed E-state index contributed by atoms with van der Waals surface area (Å²) in [5, 5.41) is 6.57. The Balaban J connectivity index is 0.00000242. The van der Waals surface area contributed by atoms with E-state index >= 15 is 0 Å². The molecule has 22 heavy (non-hydrogen) atoms. The van der Waals surface area contributed by atoms with Gasteiger partial charge in [0.15, 0.2) is 5.96 Å². The zero-order valence-electron chi connectivity index (χ0n) is 13.7. The first-order valence-corrected chi connectivity index (χ1v) is 10.2. The highest BCUT2D eigenvalue weighted by Crippen LogP contribution is 2.40. The average molecular weight is 443 g/mol. The lowest BCUT2D eigenvalue weighted by Crippen LogP contribution is -2.47. The lowest BCUT2D eigenvalue weighted by Gasteiger charge is -2.39. The number of guanidine groups is 1. The van der Waals surface area contributed by atoms with Gasteiger partial charge in [-0.1, -0.05) is 25.7 Å². The predicted octanol–water partition coefficient (Wildman–Crippen LogP) is 2.17. The van der Waals surface area contributed by atoms with E-state index in [9.17, 15) is 8.42 Å². The molecule has 0 aromatic carbocycles. The standard InChI is InChI=1S/C15H29N3O2S.HI/c1-16-15(17-9-10-21(2,19)20)18-14-8-7-12-5-3-4-6-13(12)11-14;/h12-14H,3-11H2,1-2H3,(H2,16,17,18);1H. The summed E-state index contributed by atoms with van der Waals surface area (Å²) in [6.45, 7) is 0.414. The van der Waals surface area contributed by atoms with Crippen molar-refractivity contribution in [1.82, 2.24) is 10.6 Å². The van der Waals surface area contributed by atoms with Crippen LogP contribution in [0.25, 0.3) is 0 Å². The lowest BCUT2D eigenvalue weighted by molar-refractivity contribution is 0.150. The van der Waals surface area contributed by atoms with Gasteiger partial charge in [-0.25, -0.2) is 8.42 Å². The van der Waals surface area contributed by atoms with Crippen LogP contribution in [0.2, 0.25) is 0 Å². The molecule has 0 amide bonds. The second-order valence-corrected chi connectivity index (χ2v) is 8.85. The fourth-order valence-corrected chi connectivity index (χ4v) is 4.22. The van der Waals surface area contributed by atoms with Gasteiger partial charge < -0.3 is 10.6 Å². The van der Waals surface area contributed by atoms with Crippen LogP contribution in [0.5, 0.6) is 0 Å². The lowest BCUT2D eigenvalue weighted by atomic mass is 9.69. The van der Waals surface area contributed by atoms with Crippen molar-refractivity contribution in [3.8, 4) is 0 Å². The van der Waals surface area contributed by atoms with Crippen molar-refractivity contribution >= 4 is 39.8 Å². The molecular weight excluding hydrogens is 413 g/mol. The average Bonchev–Trinajstić information content (AvgIpc) is 2.45. The number of nitrogens with zero attached hydrogens (tertiary/aromatic N) is 1. The normalized spacial score (nSPS) is 29.2. The molecule has 0 spiro atoms. The zero-order chi connectivity index (χ0) is 15.3. The largest absolute Gasteiger partial charge is 0.355 e. The maximum absolute atomic E-state index is 11.1. The van der Waals surface area contributed by atoms with E-state index in [0.717, 1.165) is 17.8 Å². The Labute approximate surface area is 152 Å². The Kier molecular flexibility index (Phi) is 8.45. The van der Waals surface area contributed by atoms with Crippen LogP contribution in [0, 0.1) is 11.8 Å². The van der Waals surface area contributed by atoms with Crippen molar-refractivity contribution in [1.29, 1.82) is 0 Å². The second-order valence-electron chi connectivity index (χ2n) is 6.59.